The lowest BCUT2D eigenvalue weighted by molar-refractivity contribution is 0.174. The van der Waals surface area contributed by atoms with Crippen LogP contribution in [0.4, 0.5) is 4.39 Å². The zero-order valence-electron chi connectivity index (χ0n) is 15.5. The van der Waals surface area contributed by atoms with E-state index in [9.17, 15) is 4.39 Å². The van der Waals surface area contributed by atoms with E-state index in [0.717, 1.165) is 32.8 Å². The van der Waals surface area contributed by atoms with E-state index < -0.39 is 0 Å². The van der Waals surface area contributed by atoms with Gasteiger partial charge in [0.2, 0.25) is 6.79 Å². The summed E-state index contributed by atoms with van der Waals surface area (Å²) >= 11 is 5.12. The van der Waals surface area contributed by atoms with Crippen molar-refractivity contribution < 1.29 is 13.9 Å². The highest BCUT2D eigenvalue weighted by atomic mass is 79.9. The maximum Gasteiger partial charge on any atom is 0.231 e. The highest BCUT2D eigenvalue weighted by molar-refractivity contribution is 9.10. The van der Waals surface area contributed by atoms with Crippen molar-refractivity contribution >= 4 is 27.7 Å². The Kier molecular flexibility index (Phi) is 5.14. The second-order valence-corrected chi connectivity index (χ2v) is 8.24. The fraction of sp³-hybridized carbons (Fsp3) is 0.0952. The average Bonchev–Trinajstić information content (AvgIpc) is 3.40. The van der Waals surface area contributed by atoms with Crippen molar-refractivity contribution in [3.8, 4) is 28.6 Å². The number of hydrogen-bond acceptors (Lipinski definition) is 6. The van der Waals surface area contributed by atoms with E-state index in [2.05, 4.69) is 31.1 Å². The normalized spacial score (nSPS) is 12.3. The van der Waals surface area contributed by atoms with Crippen LogP contribution in [-0.4, -0.2) is 26.5 Å². The summed E-state index contributed by atoms with van der Waals surface area (Å²) in [6, 6.07) is 13.9. The van der Waals surface area contributed by atoms with Crippen molar-refractivity contribution in [1.29, 1.82) is 0 Å². The standard InChI is InChI=1S/C21H14BrFN4O2S/c22-17-10-19-18(28-12-29-19)9-14(17)11-30-21-26-25-20(13-5-7-24-8-6-13)27(21)16-3-1-15(23)2-4-16/h1-10H,11-12H2. The fourth-order valence-electron chi connectivity index (χ4n) is 3.09. The van der Waals surface area contributed by atoms with E-state index in [0.29, 0.717) is 16.7 Å². The first-order chi connectivity index (χ1) is 14.7. The van der Waals surface area contributed by atoms with E-state index >= 15 is 0 Å². The second kappa shape index (κ2) is 8.08. The van der Waals surface area contributed by atoms with Crippen molar-refractivity contribution in [2.45, 2.75) is 10.9 Å². The SMILES string of the molecule is Fc1ccc(-n2c(SCc3cc4c(cc3Br)OCO4)nnc2-c2ccncc2)cc1. The van der Waals surface area contributed by atoms with Gasteiger partial charge in [0.1, 0.15) is 5.82 Å². The molecule has 1 aliphatic heterocycles. The first-order valence-corrected chi connectivity index (χ1v) is 10.8. The predicted molar refractivity (Wildman–Crippen MR) is 114 cm³/mol. The average molecular weight is 485 g/mol. The summed E-state index contributed by atoms with van der Waals surface area (Å²) in [6.07, 6.45) is 3.41. The molecule has 4 aromatic rings. The van der Waals surface area contributed by atoms with Crippen molar-refractivity contribution in [3.05, 3.63) is 76.8 Å². The minimum absolute atomic E-state index is 0.229. The smallest absolute Gasteiger partial charge is 0.231 e. The van der Waals surface area contributed by atoms with Crippen LogP contribution >= 0.6 is 27.7 Å². The number of aromatic nitrogens is 4. The number of pyridine rings is 1. The highest BCUT2D eigenvalue weighted by Crippen LogP contribution is 2.39. The fourth-order valence-corrected chi connectivity index (χ4v) is 4.68. The summed E-state index contributed by atoms with van der Waals surface area (Å²) in [5.41, 5.74) is 2.70. The third kappa shape index (κ3) is 3.66. The lowest BCUT2D eigenvalue weighted by Crippen LogP contribution is -2.00. The monoisotopic (exact) mass is 484 g/mol. The molecule has 0 fully saturated rings. The maximum absolute atomic E-state index is 13.5. The Morgan fingerprint density at radius 2 is 1.73 bits per heavy atom. The maximum atomic E-state index is 13.5. The van der Waals surface area contributed by atoms with Crippen LogP contribution in [0.3, 0.4) is 0 Å². The molecular weight excluding hydrogens is 471 g/mol. The summed E-state index contributed by atoms with van der Waals surface area (Å²) in [5, 5.41) is 9.48. The summed E-state index contributed by atoms with van der Waals surface area (Å²) in [5.74, 6) is 2.45. The van der Waals surface area contributed by atoms with Crippen LogP contribution in [0.1, 0.15) is 5.56 Å². The van der Waals surface area contributed by atoms with Gasteiger partial charge in [-0.05, 0) is 54.1 Å². The number of hydrogen-bond donors (Lipinski definition) is 0. The van der Waals surface area contributed by atoms with Crippen LogP contribution in [0.2, 0.25) is 0 Å². The molecular formula is C21H14BrFN4O2S. The molecule has 0 aliphatic carbocycles. The Hall–Kier alpha value is -2.91. The summed E-state index contributed by atoms with van der Waals surface area (Å²) in [4.78, 5) is 4.07. The predicted octanol–water partition coefficient (Wildman–Crippen LogP) is 5.25. The van der Waals surface area contributed by atoms with Gasteiger partial charge in [-0.2, -0.15) is 0 Å². The van der Waals surface area contributed by atoms with Crippen LogP contribution in [0.25, 0.3) is 17.1 Å². The summed E-state index contributed by atoms with van der Waals surface area (Å²) in [6.45, 7) is 0.229. The van der Waals surface area contributed by atoms with Crippen LogP contribution in [0, 0.1) is 5.82 Å². The molecule has 1 aliphatic rings. The third-order valence-corrected chi connectivity index (χ3v) is 6.27. The van der Waals surface area contributed by atoms with Gasteiger partial charge in [0, 0.05) is 33.9 Å². The van der Waals surface area contributed by atoms with Gasteiger partial charge in [0.15, 0.2) is 22.5 Å². The van der Waals surface area contributed by atoms with Crippen LogP contribution < -0.4 is 9.47 Å². The second-order valence-electron chi connectivity index (χ2n) is 6.44. The van der Waals surface area contributed by atoms with Gasteiger partial charge in [-0.1, -0.05) is 27.7 Å². The number of fused-ring (bicyclic) bond motifs is 1. The number of nitrogens with zero attached hydrogens (tertiary/aromatic N) is 4. The zero-order chi connectivity index (χ0) is 20.5. The topological polar surface area (TPSA) is 62.1 Å². The largest absolute Gasteiger partial charge is 0.454 e. The lowest BCUT2D eigenvalue weighted by Gasteiger charge is -2.11. The Balaban J connectivity index is 1.51. The van der Waals surface area contributed by atoms with Gasteiger partial charge in [-0.25, -0.2) is 4.39 Å². The van der Waals surface area contributed by atoms with E-state index in [1.54, 1.807) is 24.5 Å². The molecule has 0 bridgehead atoms. The molecule has 0 atom stereocenters. The molecule has 5 rings (SSSR count). The molecule has 0 amide bonds. The zero-order valence-corrected chi connectivity index (χ0v) is 17.9. The molecule has 3 heterocycles. The molecule has 0 spiro atoms. The van der Waals surface area contributed by atoms with Crippen LogP contribution in [-0.2, 0) is 5.75 Å². The minimum atomic E-state index is -0.296. The van der Waals surface area contributed by atoms with Gasteiger partial charge < -0.3 is 9.47 Å². The van der Waals surface area contributed by atoms with E-state index in [4.69, 9.17) is 9.47 Å². The first kappa shape index (κ1) is 19.1. The van der Waals surface area contributed by atoms with Gasteiger partial charge >= 0.3 is 0 Å². The lowest BCUT2D eigenvalue weighted by atomic mass is 10.2. The first-order valence-electron chi connectivity index (χ1n) is 9.01. The van der Waals surface area contributed by atoms with Crippen LogP contribution in [0.5, 0.6) is 11.5 Å². The third-order valence-electron chi connectivity index (χ3n) is 4.56. The van der Waals surface area contributed by atoms with Gasteiger partial charge in [-0.15, -0.1) is 10.2 Å². The molecule has 0 unspecified atom stereocenters. The molecule has 0 radical (unpaired) electrons. The molecule has 150 valence electrons. The molecule has 9 heteroatoms. The Labute approximate surface area is 184 Å². The minimum Gasteiger partial charge on any atom is -0.454 e. The number of benzene rings is 2. The van der Waals surface area contributed by atoms with Crippen molar-refractivity contribution in [3.63, 3.8) is 0 Å². The van der Waals surface area contributed by atoms with E-state index in [-0.39, 0.29) is 12.6 Å². The number of halogens is 2. The van der Waals surface area contributed by atoms with Crippen molar-refractivity contribution in [1.82, 2.24) is 19.7 Å². The summed E-state index contributed by atoms with van der Waals surface area (Å²) < 4.78 is 27.2. The number of ether oxygens (including phenoxy) is 2. The van der Waals surface area contributed by atoms with Crippen molar-refractivity contribution in [2.24, 2.45) is 0 Å². The molecule has 0 N–H and O–H groups in total. The Morgan fingerprint density at radius 3 is 2.50 bits per heavy atom. The van der Waals surface area contributed by atoms with E-state index in [1.165, 1.54) is 23.9 Å². The summed E-state index contributed by atoms with van der Waals surface area (Å²) in [7, 11) is 0. The molecule has 0 saturated heterocycles. The van der Waals surface area contributed by atoms with Crippen LogP contribution in [0.15, 0.2) is 70.6 Å². The molecule has 0 saturated carbocycles. The van der Waals surface area contributed by atoms with Gasteiger partial charge in [0.25, 0.3) is 0 Å². The number of thioether (sulfide) groups is 1. The van der Waals surface area contributed by atoms with Gasteiger partial charge in [0.05, 0.1) is 0 Å². The Morgan fingerprint density at radius 1 is 1.00 bits per heavy atom. The highest BCUT2D eigenvalue weighted by Gasteiger charge is 2.19. The molecule has 2 aromatic heterocycles. The van der Waals surface area contributed by atoms with Crippen molar-refractivity contribution in [2.75, 3.05) is 6.79 Å². The Bertz CT molecular complexity index is 1200. The number of rotatable bonds is 5. The van der Waals surface area contributed by atoms with E-state index in [1.807, 2.05) is 28.8 Å². The molecule has 2 aromatic carbocycles. The molecule has 30 heavy (non-hydrogen) atoms. The molecule has 6 nitrogen and oxygen atoms in total. The quantitative estimate of drug-likeness (QED) is 0.360. The van der Waals surface area contributed by atoms with Gasteiger partial charge in [-0.3, -0.25) is 9.55 Å².